The first-order chi connectivity index (χ1) is 12.8. The van der Waals surface area contributed by atoms with Crippen LogP contribution in [0.3, 0.4) is 0 Å². The molecule has 2 N–H and O–H groups in total. The third kappa shape index (κ3) is 13.9. The molecule has 0 aliphatic heterocycles. The molecule has 1 heterocycles. The number of anilines is 1. The van der Waals surface area contributed by atoms with Crippen molar-refractivity contribution in [2.75, 3.05) is 11.9 Å². The topological polar surface area (TPSA) is 57.8 Å². The number of hydrogen-bond donors (Lipinski definition) is 2. The summed E-state index contributed by atoms with van der Waals surface area (Å²) in [5, 5.41) is 3.24. The van der Waals surface area contributed by atoms with Crippen molar-refractivity contribution >= 4 is 5.82 Å². The smallest absolute Gasteiger partial charge is 0.346 e. The fraction of sp³-hybridized carbons (Fsp3) is 0.818. The van der Waals surface area contributed by atoms with Crippen molar-refractivity contribution in [2.24, 2.45) is 0 Å². The Bertz CT molecular complexity index is 472. The molecule has 0 bridgehead atoms. The van der Waals surface area contributed by atoms with Gasteiger partial charge < -0.3 is 5.32 Å². The molecule has 0 aliphatic carbocycles. The zero-order valence-corrected chi connectivity index (χ0v) is 17.0. The molecule has 1 aromatic rings. The van der Waals surface area contributed by atoms with Crippen LogP contribution in [0.25, 0.3) is 0 Å². The highest BCUT2D eigenvalue weighted by Gasteiger charge is 1.95. The molecule has 4 nitrogen and oxygen atoms in total. The van der Waals surface area contributed by atoms with Crippen LogP contribution in [-0.4, -0.2) is 16.5 Å². The normalized spacial score (nSPS) is 11.0. The molecule has 0 radical (unpaired) electrons. The standard InChI is InChI=1S/C22H41N3O/c1-2-3-4-5-6-7-8-9-10-11-12-13-14-15-16-17-19-23-21-18-20-24-22(26)25-21/h18,20H,2-17,19H2,1H3,(H2,23,24,25,26). The van der Waals surface area contributed by atoms with Gasteiger partial charge in [-0.2, -0.15) is 0 Å². The maximum atomic E-state index is 11.1. The van der Waals surface area contributed by atoms with Crippen molar-refractivity contribution < 1.29 is 0 Å². The monoisotopic (exact) mass is 363 g/mol. The summed E-state index contributed by atoms with van der Waals surface area (Å²) in [4.78, 5) is 17.4. The molecular formula is C22H41N3O. The van der Waals surface area contributed by atoms with Crippen LogP contribution in [0.4, 0.5) is 5.82 Å². The number of H-pyrrole nitrogens is 1. The Hall–Kier alpha value is -1.32. The van der Waals surface area contributed by atoms with Gasteiger partial charge in [-0.25, -0.2) is 9.78 Å². The molecule has 1 aromatic heterocycles. The molecule has 0 saturated carbocycles. The third-order valence-electron chi connectivity index (χ3n) is 5.02. The maximum absolute atomic E-state index is 11.1. The minimum Gasteiger partial charge on any atom is -0.371 e. The van der Waals surface area contributed by atoms with Crippen molar-refractivity contribution in [1.29, 1.82) is 0 Å². The van der Waals surface area contributed by atoms with Crippen molar-refractivity contribution in [3.63, 3.8) is 0 Å². The van der Waals surface area contributed by atoms with Crippen LogP contribution in [0, 0.1) is 0 Å². The molecule has 0 unspecified atom stereocenters. The number of aromatic amines is 1. The van der Waals surface area contributed by atoms with Gasteiger partial charge in [-0.05, 0) is 12.5 Å². The number of rotatable bonds is 18. The average molecular weight is 364 g/mol. The second-order valence-electron chi connectivity index (χ2n) is 7.52. The quantitative estimate of drug-likeness (QED) is 0.295. The van der Waals surface area contributed by atoms with Gasteiger partial charge in [0.2, 0.25) is 0 Å². The molecule has 0 fully saturated rings. The van der Waals surface area contributed by atoms with Crippen LogP contribution in [-0.2, 0) is 0 Å². The lowest BCUT2D eigenvalue weighted by Gasteiger charge is -2.05. The third-order valence-corrected chi connectivity index (χ3v) is 5.02. The van der Waals surface area contributed by atoms with E-state index in [4.69, 9.17) is 0 Å². The summed E-state index contributed by atoms with van der Waals surface area (Å²) in [6.45, 7) is 3.20. The Morgan fingerprint density at radius 1 is 0.769 bits per heavy atom. The zero-order chi connectivity index (χ0) is 18.7. The highest BCUT2D eigenvalue weighted by molar-refractivity contribution is 5.31. The molecule has 0 saturated heterocycles. The first-order valence-corrected chi connectivity index (χ1v) is 11.1. The van der Waals surface area contributed by atoms with Crippen molar-refractivity contribution in [3.8, 4) is 0 Å². The van der Waals surface area contributed by atoms with Gasteiger partial charge in [0.05, 0.1) is 0 Å². The van der Waals surface area contributed by atoms with E-state index in [2.05, 4.69) is 22.2 Å². The van der Waals surface area contributed by atoms with E-state index in [1.807, 2.05) is 0 Å². The number of hydrogen-bond acceptors (Lipinski definition) is 3. The maximum Gasteiger partial charge on any atom is 0.346 e. The van der Waals surface area contributed by atoms with E-state index in [1.165, 1.54) is 103 Å². The summed E-state index contributed by atoms with van der Waals surface area (Å²) >= 11 is 0. The Labute approximate surface area is 160 Å². The van der Waals surface area contributed by atoms with Gasteiger partial charge in [0, 0.05) is 12.7 Å². The van der Waals surface area contributed by atoms with Crippen molar-refractivity contribution in [1.82, 2.24) is 9.97 Å². The van der Waals surface area contributed by atoms with Gasteiger partial charge in [-0.15, -0.1) is 0 Å². The van der Waals surface area contributed by atoms with Crippen molar-refractivity contribution in [2.45, 2.75) is 110 Å². The first-order valence-electron chi connectivity index (χ1n) is 11.1. The van der Waals surface area contributed by atoms with Gasteiger partial charge >= 0.3 is 5.69 Å². The predicted molar refractivity (Wildman–Crippen MR) is 113 cm³/mol. The van der Waals surface area contributed by atoms with Gasteiger partial charge in [0.15, 0.2) is 0 Å². The number of unbranched alkanes of at least 4 members (excludes halogenated alkanes) is 15. The molecule has 0 atom stereocenters. The van der Waals surface area contributed by atoms with Gasteiger partial charge in [-0.1, -0.05) is 103 Å². The Kier molecular flexibility index (Phi) is 15.0. The summed E-state index contributed by atoms with van der Waals surface area (Å²) in [7, 11) is 0. The lowest BCUT2D eigenvalue weighted by atomic mass is 10.0. The summed E-state index contributed by atoms with van der Waals surface area (Å²) in [6, 6.07) is 1.80. The van der Waals surface area contributed by atoms with Gasteiger partial charge in [-0.3, -0.25) is 4.98 Å². The van der Waals surface area contributed by atoms with Crippen molar-refractivity contribution in [3.05, 3.63) is 22.7 Å². The van der Waals surface area contributed by atoms with E-state index in [-0.39, 0.29) is 5.69 Å². The molecule has 150 valence electrons. The van der Waals surface area contributed by atoms with Gasteiger partial charge in [0.1, 0.15) is 5.82 Å². The highest BCUT2D eigenvalue weighted by atomic mass is 16.1. The molecule has 0 amide bonds. The zero-order valence-electron chi connectivity index (χ0n) is 17.0. The number of nitrogens with zero attached hydrogens (tertiary/aromatic N) is 1. The fourth-order valence-corrected chi connectivity index (χ4v) is 3.37. The van der Waals surface area contributed by atoms with E-state index in [9.17, 15) is 4.79 Å². The second kappa shape index (κ2) is 17.1. The Morgan fingerprint density at radius 3 is 1.69 bits per heavy atom. The largest absolute Gasteiger partial charge is 0.371 e. The van der Waals surface area contributed by atoms with Crippen LogP contribution in [0.2, 0.25) is 0 Å². The Balaban J connectivity index is 1.74. The summed E-state index contributed by atoms with van der Waals surface area (Å²) < 4.78 is 0. The molecule has 0 aromatic carbocycles. The lowest BCUT2D eigenvalue weighted by molar-refractivity contribution is 0.530. The molecule has 1 rings (SSSR count). The number of aromatic nitrogens is 2. The van der Waals surface area contributed by atoms with E-state index in [0.717, 1.165) is 18.8 Å². The lowest BCUT2D eigenvalue weighted by Crippen LogP contribution is -2.13. The molecule has 0 aliphatic rings. The van der Waals surface area contributed by atoms with Crippen LogP contribution in [0.5, 0.6) is 0 Å². The van der Waals surface area contributed by atoms with Gasteiger partial charge in [0.25, 0.3) is 0 Å². The molecule has 26 heavy (non-hydrogen) atoms. The second-order valence-corrected chi connectivity index (χ2v) is 7.52. The molecule has 0 spiro atoms. The predicted octanol–water partition coefficient (Wildman–Crippen LogP) is 6.44. The molecular weight excluding hydrogens is 322 g/mol. The number of nitrogens with one attached hydrogen (secondary N) is 2. The fourth-order valence-electron chi connectivity index (χ4n) is 3.37. The summed E-state index contributed by atoms with van der Waals surface area (Å²) in [5.41, 5.74) is -0.290. The van der Waals surface area contributed by atoms with E-state index < -0.39 is 0 Å². The minimum absolute atomic E-state index is 0.290. The SMILES string of the molecule is CCCCCCCCCCCCCCCCCCNc1ccnc(=O)[nH]1. The Morgan fingerprint density at radius 2 is 1.23 bits per heavy atom. The van der Waals surface area contributed by atoms with Crippen LogP contribution in [0.1, 0.15) is 110 Å². The van der Waals surface area contributed by atoms with Crippen LogP contribution < -0.4 is 11.0 Å². The van der Waals surface area contributed by atoms with E-state index >= 15 is 0 Å². The summed E-state index contributed by atoms with van der Waals surface area (Å²) in [5.74, 6) is 0.769. The van der Waals surface area contributed by atoms with E-state index in [1.54, 1.807) is 6.07 Å². The van der Waals surface area contributed by atoms with E-state index in [0.29, 0.717) is 0 Å². The average Bonchev–Trinajstić information content (AvgIpc) is 2.64. The summed E-state index contributed by atoms with van der Waals surface area (Å²) in [6.07, 6.45) is 23.8. The minimum atomic E-state index is -0.290. The first kappa shape index (κ1) is 22.7. The highest BCUT2D eigenvalue weighted by Crippen LogP contribution is 2.13. The van der Waals surface area contributed by atoms with Crippen LogP contribution in [0.15, 0.2) is 17.1 Å². The van der Waals surface area contributed by atoms with Crippen LogP contribution >= 0.6 is 0 Å². The molecule has 4 heteroatoms.